The first-order valence-corrected chi connectivity index (χ1v) is 10.1. The molecule has 0 aliphatic carbocycles. The van der Waals surface area contributed by atoms with Crippen LogP contribution in [0.2, 0.25) is 5.02 Å². The number of piperazine rings is 1. The third kappa shape index (κ3) is 5.15. The van der Waals surface area contributed by atoms with Gasteiger partial charge in [-0.3, -0.25) is 14.5 Å². The molecule has 0 atom stereocenters. The Morgan fingerprint density at radius 3 is 2.37 bits per heavy atom. The average molecular weight is 436 g/mol. The second kappa shape index (κ2) is 9.53. The number of nitrogens with zero attached hydrogens (tertiary/aromatic N) is 3. The Balaban J connectivity index is 1.54. The first-order valence-electron chi connectivity index (χ1n) is 9.71. The van der Waals surface area contributed by atoms with Crippen molar-refractivity contribution in [2.75, 3.05) is 44.7 Å². The Bertz CT molecular complexity index is 926. The van der Waals surface area contributed by atoms with Crippen molar-refractivity contribution in [2.45, 2.75) is 13.5 Å². The number of amides is 1. The molecule has 1 heterocycles. The molecular weight excluding hydrogens is 412 g/mol. The zero-order valence-electron chi connectivity index (χ0n) is 17.0. The lowest BCUT2D eigenvalue weighted by Crippen LogP contribution is -2.51. The first kappa shape index (κ1) is 22.2. The molecule has 3 rings (SSSR count). The minimum Gasteiger partial charge on any atom is -0.366 e. The Hall–Kier alpha value is -2.51. The highest BCUT2D eigenvalue weighted by Gasteiger charge is 2.24. The quantitative estimate of drug-likeness (QED) is 0.650. The van der Waals surface area contributed by atoms with E-state index >= 15 is 0 Å². The van der Waals surface area contributed by atoms with Gasteiger partial charge in [0.05, 0.1) is 12.2 Å². The predicted molar refractivity (Wildman–Crippen MR) is 113 cm³/mol. The van der Waals surface area contributed by atoms with Crippen molar-refractivity contribution in [2.24, 2.45) is 0 Å². The molecule has 2 aromatic rings. The van der Waals surface area contributed by atoms with E-state index in [0.717, 1.165) is 0 Å². The minimum atomic E-state index is -0.441. The summed E-state index contributed by atoms with van der Waals surface area (Å²) in [4.78, 5) is 29.3. The Morgan fingerprint density at radius 1 is 1.07 bits per heavy atom. The van der Waals surface area contributed by atoms with Gasteiger partial charge in [-0.2, -0.15) is 0 Å². The number of hydrogen-bond donors (Lipinski definition) is 0. The number of carbonyl (C=O) groups is 2. The van der Waals surface area contributed by atoms with E-state index in [1.165, 1.54) is 19.1 Å². The van der Waals surface area contributed by atoms with Gasteiger partial charge in [0, 0.05) is 48.9 Å². The van der Waals surface area contributed by atoms with Gasteiger partial charge in [-0.25, -0.2) is 8.78 Å². The zero-order valence-corrected chi connectivity index (χ0v) is 17.8. The Labute approximate surface area is 179 Å². The zero-order chi connectivity index (χ0) is 21.8. The van der Waals surface area contributed by atoms with Crippen LogP contribution in [-0.4, -0.2) is 61.3 Å². The number of hydrogen-bond acceptors (Lipinski definition) is 4. The number of anilines is 1. The second-order valence-electron chi connectivity index (χ2n) is 7.46. The van der Waals surface area contributed by atoms with Gasteiger partial charge in [-0.05, 0) is 44.3 Å². The molecule has 1 saturated heterocycles. The van der Waals surface area contributed by atoms with E-state index < -0.39 is 11.6 Å². The molecule has 1 aliphatic heterocycles. The summed E-state index contributed by atoms with van der Waals surface area (Å²) in [6.45, 7) is 3.66. The van der Waals surface area contributed by atoms with Gasteiger partial charge >= 0.3 is 0 Å². The van der Waals surface area contributed by atoms with Crippen LogP contribution in [0.15, 0.2) is 36.4 Å². The van der Waals surface area contributed by atoms with Crippen LogP contribution < -0.4 is 4.90 Å². The van der Waals surface area contributed by atoms with Crippen LogP contribution >= 0.6 is 11.6 Å². The fourth-order valence-corrected chi connectivity index (χ4v) is 3.74. The molecule has 1 aliphatic rings. The van der Waals surface area contributed by atoms with Gasteiger partial charge in [0.25, 0.3) is 0 Å². The molecule has 0 radical (unpaired) electrons. The van der Waals surface area contributed by atoms with Crippen molar-refractivity contribution >= 4 is 29.0 Å². The molecule has 0 saturated carbocycles. The molecule has 1 amide bonds. The van der Waals surface area contributed by atoms with Crippen molar-refractivity contribution < 1.29 is 18.4 Å². The monoisotopic (exact) mass is 435 g/mol. The summed E-state index contributed by atoms with van der Waals surface area (Å²) in [5, 5.41) is 0.334. The number of ketones is 1. The number of Topliss-reactive ketones (excluding diaryl/α,β-unsaturated/α-hetero) is 1. The fraction of sp³-hybridized carbons (Fsp3) is 0.364. The van der Waals surface area contributed by atoms with E-state index in [2.05, 4.69) is 0 Å². The second-order valence-corrected chi connectivity index (χ2v) is 7.87. The summed E-state index contributed by atoms with van der Waals surface area (Å²) in [5.41, 5.74) is 1.13. The Morgan fingerprint density at radius 2 is 1.77 bits per heavy atom. The van der Waals surface area contributed by atoms with Gasteiger partial charge in [0.2, 0.25) is 5.91 Å². The van der Waals surface area contributed by atoms with Crippen LogP contribution in [0.3, 0.4) is 0 Å². The lowest BCUT2D eigenvalue weighted by atomic mass is 10.1. The lowest BCUT2D eigenvalue weighted by molar-refractivity contribution is -0.132. The van der Waals surface area contributed by atoms with Crippen molar-refractivity contribution in [3.05, 3.63) is 64.2 Å². The van der Waals surface area contributed by atoms with Crippen LogP contribution in [-0.2, 0) is 11.3 Å². The van der Waals surface area contributed by atoms with E-state index in [9.17, 15) is 18.4 Å². The maximum absolute atomic E-state index is 14.4. The highest BCUT2D eigenvalue weighted by molar-refractivity contribution is 6.31. The molecule has 5 nitrogen and oxygen atoms in total. The molecule has 1 fully saturated rings. The van der Waals surface area contributed by atoms with Crippen molar-refractivity contribution in [1.29, 1.82) is 0 Å². The molecule has 2 aromatic carbocycles. The normalized spacial score (nSPS) is 14.3. The SMILES string of the molecule is CC(=O)c1ccc(N2CCN(C(=O)CN(C)Cc3c(F)cccc3Cl)CC2)c(F)c1. The van der Waals surface area contributed by atoms with Crippen molar-refractivity contribution in [3.8, 4) is 0 Å². The van der Waals surface area contributed by atoms with Crippen LogP contribution in [0.1, 0.15) is 22.8 Å². The summed E-state index contributed by atoms with van der Waals surface area (Å²) in [7, 11) is 1.74. The molecule has 160 valence electrons. The fourth-order valence-electron chi connectivity index (χ4n) is 3.52. The van der Waals surface area contributed by atoms with Gasteiger partial charge < -0.3 is 9.80 Å². The minimum absolute atomic E-state index is 0.0722. The number of rotatable bonds is 6. The highest BCUT2D eigenvalue weighted by atomic mass is 35.5. The third-order valence-electron chi connectivity index (χ3n) is 5.22. The number of halogens is 3. The smallest absolute Gasteiger partial charge is 0.236 e. The van der Waals surface area contributed by atoms with Crippen LogP contribution in [0.5, 0.6) is 0 Å². The van der Waals surface area contributed by atoms with Crippen LogP contribution in [0, 0.1) is 11.6 Å². The van der Waals surface area contributed by atoms with Crippen LogP contribution in [0.25, 0.3) is 0 Å². The average Bonchev–Trinajstić information content (AvgIpc) is 2.71. The molecule has 30 heavy (non-hydrogen) atoms. The number of carbonyl (C=O) groups excluding carboxylic acids is 2. The number of benzene rings is 2. The van der Waals surface area contributed by atoms with Gasteiger partial charge in [-0.1, -0.05) is 17.7 Å². The summed E-state index contributed by atoms with van der Waals surface area (Å²) in [6, 6.07) is 8.98. The molecular formula is C22H24ClF2N3O2. The van der Waals surface area contributed by atoms with E-state index in [0.29, 0.717) is 48.0 Å². The maximum Gasteiger partial charge on any atom is 0.236 e. The molecule has 0 N–H and O–H groups in total. The highest BCUT2D eigenvalue weighted by Crippen LogP contribution is 2.23. The van der Waals surface area contributed by atoms with Gasteiger partial charge in [0.1, 0.15) is 11.6 Å². The van der Waals surface area contributed by atoms with Crippen LogP contribution in [0.4, 0.5) is 14.5 Å². The van der Waals surface area contributed by atoms with E-state index in [1.807, 2.05) is 4.90 Å². The lowest BCUT2D eigenvalue weighted by Gasteiger charge is -2.37. The van der Waals surface area contributed by atoms with Gasteiger partial charge in [0.15, 0.2) is 5.78 Å². The molecule has 0 aromatic heterocycles. The topological polar surface area (TPSA) is 43.9 Å². The van der Waals surface area contributed by atoms with Gasteiger partial charge in [-0.15, -0.1) is 0 Å². The molecule has 0 spiro atoms. The summed E-state index contributed by atoms with van der Waals surface area (Å²) < 4.78 is 28.3. The number of likely N-dealkylation sites (N-methyl/N-ethyl adjacent to an activating group) is 1. The first-order chi connectivity index (χ1) is 14.3. The Kier molecular flexibility index (Phi) is 7.05. The van der Waals surface area contributed by atoms with Crippen molar-refractivity contribution in [3.63, 3.8) is 0 Å². The van der Waals surface area contributed by atoms with Crippen molar-refractivity contribution in [1.82, 2.24) is 9.80 Å². The summed E-state index contributed by atoms with van der Waals surface area (Å²) in [5.74, 6) is -1.09. The molecule has 0 bridgehead atoms. The predicted octanol–water partition coefficient (Wildman–Crippen LogP) is 3.60. The van der Waals surface area contributed by atoms with E-state index in [4.69, 9.17) is 11.6 Å². The third-order valence-corrected chi connectivity index (χ3v) is 5.58. The molecule has 8 heteroatoms. The molecule has 0 unspecified atom stereocenters. The van der Waals surface area contributed by atoms with E-state index in [-0.39, 0.29) is 24.8 Å². The summed E-state index contributed by atoms with van der Waals surface area (Å²) >= 11 is 6.06. The standard InChI is InChI=1S/C22H24ClF2N3O2/c1-15(29)16-6-7-21(20(25)12-16)27-8-10-28(11-9-27)22(30)14-26(2)13-17-18(23)4-3-5-19(17)24/h3-7,12H,8-11,13-14H2,1-2H3. The van der Waals surface area contributed by atoms with E-state index in [1.54, 1.807) is 41.1 Å². The largest absolute Gasteiger partial charge is 0.366 e. The summed E-state index contributed by atoms with van der Waals surface area (Å²) in [6.07, 6.45) is 0. The maximum atomic E-state index is 14.4.